The zero-order chi connectivity index (χ0) is 23.8. The molecule has 1 aliphatic carbocycles. The Morgan fingerprint density at radius 3 is 2.57 bits per heavy atom. The summed E-state index contributed by atoms with van der Waals surface area (Å²) in [5, 5.41) is 10.4. The minimum Gasteiger partial charge on any atom is -0.352 e. The summed E-state index contributed by atoms with van der Waals surface area (Å²) in [6.07, 6.45) is 6.84. The number of anilines is 1. The molecule has 9 heteroatoms. The van der Waals surface area contributed by atoms with Crippen molar-refractivity contribution in [3.05, 3.63) is 41.5 Å². The van der Waals surface area contributed by atoms with Crippen LogP contribution >= 0.6 is 11.3 Å². The number of carbonyl (C=O) groups is 1. The van der Waals surface area contributed by atoms with Crippen molar-refractivity contribution in [3.8, 4) is 0 Å². The van der Waals surface area contributed by atoms with Crippen LogP contribution in [0.25, 0.3) is 21.3 Å². The Bertz CT molecular complexity index is 1310. The van der Waals surface area contributed by atoms with Crippen molar-refractivity contribution < 1.29 is 4.79 Å². The van der Waals surface area contributed by atoms with E-state index in [1.54, 1.807) is 17.7 Å². The number of benzene rings is 1. The standard InChI is InChI=1S/C26H31N7OS/c1-2-20-15-21-24(27-17-28-25(21)35-20)31-10-12-32(13-11-31)26(34)19-7-5-6-18(14-19)16-33-29-22-8-3-4-9-23(22)30-33/h3-4,8-9,15,17-19H,2,5-7,10-14,16H2,1H3/t18-,19+/m0/s1. The number of rotatable bonds is 5. The first-order valence-electron chi connectivity index (χ1n) is 12.7. The number of hydrogen-bond acceptors (Lipinski definition) is 7. The van der Waals surface area contributed by atoms with Gasteiger partial charge >= 0.3 is 0 Å². The molecule has 0 unspecified atom stereocenters. The van der Waals surface area contributed by atoms with E-state index in [0.29, 0.717) is 11.8 Å². The SMILES string of the molecule is CCc1cc2c(N3CCN(C(=O)[C@@H]4CCC[C@H](Cn5nc6ccccc6n5)C4)CC3)ncnc2s1. The molecule has 4 aromatic rings. The van der Waals surface area contributed by atoms with Crippen molar-refractivity contribution in [2.24, 2.45) is 11.8 Å². The predicted molar refractivity (Wildman–Crippen MR) is 139 cm³/mol. The van der Waals surface area contributed by atoms with Gasteiger partial charge in [-0.25, -0.2) is 9.97 Å². The molecule has 0 spiro atoms. The van der Waals surface area contributed by atoms with Crippen molar-refractivity contribution in [2.45, 2.75) is 45.6 Å². The number of carbonyl (C=O) groups excluding carboxylic acids is 1. The molecule has 1 saturated heterocycles. The van der Waals surface area contributed by atoms with Gasteiger partial charge in [0, 0.05) is 37.0 Å². The summed E-state index contributed by atoms with van der Waals surface area (Å²) in [6, 6.07) is 10.2. The zero-order valence-electron chi connectivity index (χ0n) is 20.1. The van der Waals surface area contributed by atoms with Crippen LogP contribution in [-0.2, 0) is 17.8 Å². The van der Waals surface area contributed by atoms with E-state index < -0.39 is 0 Å². The fourth-order valence-corrected chi connectivity index (χ4v) is 6.54. The van der Waals surface area contributed by atoms with E-state index in [4.69, 9.17) is 0 Å². The summed E-state index contributed by atoms with van der Waals surface area (Å²) >= 11 is 1.75. The summed E-state index contributed by atoms with van der Waals surface area (Å²) < 4.78 is 0. The molecule has 6 rings (SSSR count). The molecule has 1 saturated carbocycles. The van der Waals surface area contributed by atoms with Crippen molar-refractivity contribution in [1.29, 1.82) is 0 Å². The Morgan fingerprint density at radius 2 is 1.83 bits per heavy atom. The highest BCUT2D eigenvalue weighted by Crippen LogP contribution is 2.33. The predicted octanol–water partition coefficient (Wildman–Crippen LogP) is 4.15. The number of amides is 1. The van der Waals surface area contributed by atoms with E-state index in [2.05, 4.69) is 43.0 Å². The number of piperazine rings is 1. The first kappa shape index (κ1) is 22.4. The number of fused-ring (bicyclic) bond motifs is 2. The van der Waals surface area contributed by atoms with Crippen molar-refractivity contribution in [2.75, 3.05) is 31.1 Å². The Hall–Kier alpha value is -3.07. The maximum absolute atomic E-state index is 13.4. The van der Waals surface area contributed by atoms with Crippen LogP contribution in [0.4, 0.5) is 5.82 Å². The topological polar surface area (TPSA) is 80.0 Å². The van der Waals surface area contributed by atoms with Crippen LogP contribution in [0.5, 0.6) is 0 Å². The molecular weight excluding hydrogens is 458 g/mol. The molecule has 0 N–H and O–H groups in total. The largest absolute Gasteiger partial charge is 0.352 e. The molecule has 8 nitrogen and oxygen atoms in total. The number of aryl methyl sites for hydroxylation is 1. The highest BCUT2D eigenvalue weighted by Gasteiger charge is 2.32. The Labute approximate surface area is 209 Å². The molecule has 2 aliphatic rings. The van der Waals surface area contributed by atoms with Gasteiger partial charge in [0.2, 0.25) is 5.91 Å². The quantitative estimate of drug-likeness (QED) is 0.419. The second-order valence-electron chi connectivity index (χ2n) is 9.77. The van der Waals surface area contributed by atoms with E-state index in [1.807, 2.05) is 29.1 Å². The molecule has 1 aliphatic heterocycles. The molecule has 1 amide bonds. The van der Waals surface area contributed by atoms with Gasteiger partial charge in [0.1, 0.15) is 28.0 Å². The van der Waals surface area contributed by atoms with Gasteiger partial charge in [0.05, 0.1) is 11.9 Å². The molecule has 0 radical (unpaired) electrons. The van der Waals surface area contributed by atoms with Gasteiger partial charge in [-0.15, -0.1) is 11.3 Å². The lowest BCUT2D eigenvalue weighted by molar-refractivity contribution is -0.137. The van der Waals surface area contributed by atoms with Gasteiger partial charge in [-0.2, -0.15) is 15.0 Å². The third-order valence-electron chi connectivity index (χ3n) is 7.48. The maximum atomic E-state index is 13.4. The van der Waals surface area contributed by atoms with Crippen LogP contribution < -0.4 is 4.90 Å². The minimum atomic E-state index is 0.111. The summed E-state index contributed by atoms with van der Waals surface area (Å²) in [4.78, 5) is 31.1. The summed E-state index contributed by atoms with van der Waals surface area (Å²) in [5.41, 5.74) is 1.87. The number of hydrogen-bond donors (Lipinski definition) is 0. The van der Waals surface area contributed by atoms with E-state index in [1.165, 1.54) is 4.88 Å². The number of nitrogens with zero attached hydrogens (tertiary/aromatic N) is 7. The maximum Gasteiger partial charge on any atom is 0.225 e. The Balaban J connectivity index is 1.08. The zero-order valence-corrected chi connectivity index (χ0v) is 21.0. The summed E-state index contributed by atoms with van der Waals surface area (Å²) in [6.45, 7) is 6.09. The minimum absolute atomic E-state index is 0.111. The lowest BCUT2D eigenvalue weighted by Crippen LogP contribution is -2.51. The molecule has 182 valence electrons. The van der Waals surface area contributed by atoms with E-state index in [9.17, 15) is 4.79 Å². The molecule has 2 fully saturated rings. The Kier molecular flexibility index (Phi) is 6.10. The second-order valence-corrected chi connectivity index (χ2v) is 10.9. The van der Waals surface area contributed by atoms with Crippen LogP contribution in [0.2, 0.25) is 0 Å². The molecule has 1 aromatic carbocycles. The van der Waals surface area contributed by atoms with Gasteiger partial charge in [-0.05, 0) is 49.8 Å². The first-order valence-corrected chi connectivity index (χ1v) is 13.6. The van der Waals surface area contributed by atoms with Crippen LogP contribution in [0.15, 0.2) is 36.7 Å². The second kappa shape index (κ2) is 9.53. The van der Waals surface area contributed by atoms with Gasteiger partial charge in [0.25, 0.3) is 0 Å². The lowest BCUT2D eigenvalue weighted by Gasteiger charge is -2.38. The van der Waals surface area contributed by atoms with E-state index in [-0.39, 0.29) is 5.92 Å². The van der Waals surface area contributed by atoms with Crippen LogP contribution in [0, 0.1) is 11.8 Å². The molecule has 4 heterocycles. The smallest absolute Gasteiger partial charge is 0.225 e. The van der Waals surface area contributed by atoms with Crippen molar-refractivity contribution in [3.63, 3.8) is 0 Å². The fourth-order valence-electron chi connectivity index (χ4n) is 5.61. The average Bonchev–Trinajstić information content (AvgIpc) is 3.51. The lowest BCUT2D eigenvalue weighted by atomic mass is 9.80. The van der Waals surface area contributed by atoms with E-state index >= 15 is 0 Å². The normalized spacial score (nSPS) is 21.2. The highest BCUT2D eigenvalue weighted by atomic mass is 32.1. The van der Waals surface area contributed by atoms with Crippen molar-refractivity contribution in [1.82, 2.24) is 29.9 Å². The van der Waals surface area contributed by atoms with Crippen LogP contribution in [0.1, 0.15) is 37.5 Å². The molecule has 3 aromatic heterocycles. The van der Waals surface area contributed by atoms with E-state index in [0.717, 1.165) is 91.9 Å². The van der Waals surface area contributed by atoms with Crippen molar-refractivity contribution >= 4 is 44.3 Å². The molecular formula is C26H31N7OS. The molecule has 2 atom stereocenters. The third-order valence-corrected chi connectivity index (χ3v) is 8.67. The molecule has 35 heavy (non-hydrogen) atoms. The van der Waals surface area contributed by atoms with Crippen LogP contribution in [-0.4, -0.2) is 61.9 Å². The monoisotopic (exact) mass is 489 g/mol. The van der Waals surface area contributed by atoms with Gasteiger partial charge in [-0.1, -0.05) is 25.5 Å². The van der Waals surface area contributed by atoms with Gasteiger partial charge < -0.3 is 9.80 Å². The fraction of sp³-hybridized carbons (Fsp3) is 0.500. The average molecular weight is 490 g/mol. The highest BCUT2D eigenvalue weighted by molar-refractivity contribution is 7.18. The molecule has 0 bridgehead atoms. The van der Waals surface area contributed by atoms with Gasteiger partial charge in [-0.3, -0.25) is 4.79 Å². The van der Waals surface area contributed by atoms with Crippen LogP contribution in [0.3, 0.4) is 0 Å². The number of thiophene rings is 1. The number of aromatic nitrogens is 5. The van der Waals surface area contributed by atoms with Gasteiger partial charge in [0.15, 0.2) is 0 Å². The third kappa shape index (κ3) is 4.49. The Morgan fingerprint density at radius 1 is 1.06 bits per heavy atom. The summed E-state index contributed by atoms with van der Waals surface area (Å²) in [5.74, 6) is 1.89. The summed E-state index contributed by atoms with van der Waals surface area (Å²) in [7, 11) is 0. The first-order chi connectivity index (χ1) is 17.2.